The lowest BCUT2D eigenvalue weighted by Gasteiger charge is -2.12. The van der Waals surface area contributed by atoms with E-state index in [0.29, 0.717) is 16.3 Å². The molecule has 1 saturated heterocycles. The number of aryl methyl sites for hydroxylation is 2. The van der Waals surface area contributed by atoms with Gasteiger partial charge in [0.2, 0.25) is 0 Å². The fraction of sp³-hybridized carbons (Fsp3) is 0.148. The number of carbonyl (C=O) groups is 3. The molecule has 1 fully saturated rings. The van der Waals surface area contributed by atoms with Gasteiger partial charge in [-0.05, 0) is 67.1 Å². The van der Waals surface area contributed by atoms with Crippen molar-refractivity contribution in [2.24, 2.45) is 0 Å². The van der Waals surface area contributed by atoms with Gasteiger partial charge in [-0.25, -0.2) is 0 Å². The third kappa shape index (κ3) is 5.94. The number of imide groups is 1. The number of carbonyl (C=O) groups excluding carboxylic acids is 3. The minimum atomic E-state index is -0.302. The van der Waals surface area contributed by atoms with Crippen LogP contribution in [0.5, 0.6) is 5.75 Å². The Morgan fingerprint density at radius 1 is 0.912 bits per heavy atom. The summed E-state index contributed by atoms with van der Waals surface area (Å²) in [5, 5.41) is 2.50. The van der Waals surface area contributed by atoms with Crippen LogP contribution in [0.15, 0.2) is 77.7 Å². The lowest BCUT2D eigenvalue weighted by atomic mass is 10.1. The highest BCUT2D eigenvalue weighted by Gasteiger charge is 2.34. The maximum atomic E-state index is 12.8. The van der Waals surface area contributed by atoms with Crippen molar-refractivity contribution in [2.45, 2.75) is 20.4 Å². The van der Waals surface area contributed by atoms with Crippen LogP contribution in [0.1, 0.15) is 22.3 Å². The largest absolute Gasteiger partial charge is 0.484 e. The minimum absolute atomic E-state index is 0.120. The summed E-state index contributed by atoms with van der Waals surface area (Å²) in [6.07, 6.45) is 1.69. The third-order valence-corrected chi connectivity index (χ3v) is 6.13. The molecule has 3 amide bonds. The Morgan fingerprint density at radius 3 is 2.18 bits per heavy atom. The van der Waals surface area contributed by atoms with Crippen molar-refractivity contribution in [3.8, 4) is 5.75 Å². The van der Waals surface area contributed by atoms with Crippen LogP contribution in [0.2, 0.25) is 0 Å². The van der Waals surface area contributed by atoms with Crippen LogP contribution < -0.4 is 10.1 Å². The van der Waals surface area contributed by atoms with Crippen molar-refractivity contribution in [1.82, 2.24) is 4.90 Å². The number of nitrogens with one attached hydrogen (secondary N) is 1. The maximum absolute atomic E-state index is 12.8. The van der Waals surface area contributed by atoms with E-state index in [1.54, 1.807) is 30.3 Å². The number of thioether (sulfide) groups is 1. The predicted octanol–water partition coefficient (Wildman–Crippen LogP) is 5.56. The van der Waals surface area contributed by atoms with Gasteiger partial charge in [0, 0.05) is 5.69 Å². The van der Waals surface area contributed by atoms with Crippen LogP contribution in [0.3, 0.4) is 0 Å². The Balaban J connectivity index is 1.33. The van der Waals surface area contributed by atoms with Crippen LogP contribution in [-0.4, -0.2) is 28.6 Å². The number of anilines is 1. The summed E-state index contributed by atoms with van der Waals surface area (Å²) >= 11 is 0.933. The molecule has 1 heterocycles. The number of ether oxygens (including phenoxy) is 1. The van der Waals surface area contributed by atoms with E-state index in [1.807, 2.05) is 62.4 Å². The summed E-state index contributed by atoms with van der Waals surface area (Å²) < 4.78 is 5.55. The van der Waals surface area contributed by atoms with Crippen LogP contribution in [-0.2, 0) is 16.1 Å². The second-order valence-corrected chi connectivity index (χ2v) is 9.02. The summed E-state index contributed by atoms with van der Waals surface area (Å²) in [4.78, 5) is 38.9. The van der Waals surface area contributed by atoms with E-state index in [9.17, 15) is 14.4 Å². The Labute approximate surface area is 202 Å². The minimum Gasteiger partial charge on any atom is -0.484 e. The molecule has 0 radical (unpaired) electrons. The van der Waals surface area contributed by atoms with E-state index in [2.05, 4.69) is 5.32 Å². The van der Waals surface area contributed by atoms with Crippen molar-refractivity contribution in [3.05, 3.63) is 100.0 Å². The third-order valence-electron chi connectivity index (χ3n) is 5.22. The van der Waals surface area contributed by atoms with E-state index in [0.717, 1.165) is 34.0 Å². The first-order chi connectivity index (χ1) is 16.4. The van der Waals surface area contributed by atoms with Gasteiger partial charge in [-0.15, -0.1) is 0 Å². The van der Waals surface area contributed by atoms with Gasteiger partial charge in [0.15, 0.2) is 6.61 Å². The van der Waals surface area contributed by atoms with Gasteiger partial charge in [0.25, 0.3) is 17.1 Å². The highest BCUT2D eigenvalue weighted by molar-refractivity contribution is 8.18. The molecular weight excluding hydrogens is 448 g/mol. The van der Waals surface area contributed by atoms with E-state index < -0.39 is 0 Å². The maximum Gasteiger partial charge on any atom is 0.293 e. The number of hydrogen-bond donors (Lipinski definition) is 1. The van der Waals surface area contributed by atoms with Crippen LogP contribution >= 0.6 is 11.8 Å². The summed E-state index contributed by atoms with van der Waals surface area (Å²) in [6, 6.07) is 22.3. The first-order valence-electron chi connectivity index (χ1n) is 10.8. The van der Waals surface area contributed by atoms with Crippen molar-refractivity contribution >= 4 is 40.6 Å². The smallest absolute Gasteiger partial charge is 0.293 e. The molecule has 0 atom stereocenters. The molecule has 0 saturated carbocycles. The average molecular weight is 473 g/mol. The zero-order chi connectivity index (χ0) is 24.1. The Hall–Kier alpha value is -3.84. The van der Waals surface area contributed by atoms with Crippen molar-refractivity contribution in [2.75, 3.05) is 11.9 Å². The van der Waals surface area contributed by atoms with Crippen molar-refractivity contribution < 1.29 is 19.1 Å². The van der Waals surface area contributed by atoms with E-state index in [4.69, 9.17) is 4.74 Å². The Morgan fingerprint density at radius 2 is 1.53 bits per heavy atom. The fourth-order valence-corrected chi connectivity index (χ4v) is 4.15. The Kier molecular flexibility index (Phi) is 7.13. The molecule has 0 bridgehead atoms. The van der Waals surface area contributed by atoms with Gasteiger partial charge < -0.3 is 10.1 Å². The lowest BCUT2D eigenvalue weighted by Crippen LogP contribution is -2.27. The molecule has 3 aromatic rings. The van der Waals surface area contributed by atoms with E-state index >= 15 is 0 Å². The molecule has 1 aliphatic heterocycles. The zero-order valence-electron chi connectivity index (χ0n) is 18.9. The summed E-state index contributed by atoms with van der Waals surface area (Å²) in [5.41, 5.74) is 4.62. The zero-order valence-corrected chi connectivity index (χ0v) is 19.7. The first-order valence-corrected chi connectivity index (χ1v) is 11.6. The standard InChI is InChI=1S/C27H24N2O4S/c1-18-3-7-21(8-4-18)16-29-26(31)24(34-27(29)32)15-20-9-13-23(14-10-20)33-17-25(30)28-22-11-5-19(2)6-12-22/h3-15H,16-17H2,1-2H3,(H,28,30)/b24-15-. The summed E-state index contributed by atoms with van der Waals surface area (Å²) in [7, 11) is 0. The monoisotopic (exact) mass is 472 g/mol. The highest BCUT2D eigenvalue weighted by Crippen LogP contribution is 2.33. The highest BCUT2D eigenvalue weighted by atomic mass is 32.2. The van der Waals surface area contributed by atoms with Gasteiger partial charge in [0.1, 0.15) is 5.75 Å². The molecule has 1 N–H and O–H groups in total. The molecule has 3 aromatic carbocycles. The van der Waals surface area contributed by atoms with Gasteiger partial charge in [-0.1, -0.05) is 59.7 Å². The molecule has 0 aliphatic carbocycles. The van der Waals surface area contributed by atoms with Crippen molar-refractivity contribution in [3.63, 3.8) is 0 Å². The predicted molar refractivity (Wildman–Crippen MR) is 134 cm³/mol. The quantitative estimate of drug-likeness (QED) is 0.456. The number of hydrogen-bond acceptors (Lipinski definition) is 5. The summed E-state index contributed by atoms with van der Waals surface area (Å²) in [6.45, 7) is 4.10. The molecule has 34 heavy (non-hydrogen) atoms. The second-order valence-electron chi connectivity index (χ2n) is 8.03. The molecule has 7 heteroatoms. The molecule has 4 rings (SSSR count). The average Bonchev–Trinajstić information content (AvgIpc) is 3.09. The molecule has 1 aliphatic rings. The summed E-state index contributed by atoms with van der Waals surface area (Å²) in [5.74, 6) is -0.0254. The second kappa shape index (κ2) is 10.4. The van der Waals surface area contributed by atoms with Crippen LogP contribution in [0.25, 0.3) is 6.08 Å². The number of benzene rings is 3. The SMILES string of the molecule is Cc1ccc(CN2C(=O)S/C(=C\c3ccc(OCC(=O)Nc4ccc(C)cc4)cc3)C2=O)cc1. The van der Waals surface area contributed by atoms with Gasteiger partial charge in [0.05, 0.1) is 11.4 Å². The lowest BCUT2D eigenvalue weighted by molar-refractivity contribution is -0.123. The molecule has 0 unspecified atom stereocenters. The van der Waals surface area contributed by atoms with Gasteiger partial charge in [-0.2, -0.15) is 0 Å². The molecule has 0 spiro atoms. The molecule has 172 valence electrons. The topological polar surface area (TPSA) is 75.7 Å². The van der Waals surface area contributed by atoms with Crippen LogP contribution in [0, 0.1) is 13.8 Å². The number of nitrogens with zero attached hydrogens (tertiary/aromatic N) is 1. The molecular formula is C27H24N2O4S. The molecule has 6 nitrogen and oxygen atoms in total. The number of amides is 3. The van der Waals surface area contributed by atoms with Gasteiger partial charge >= 0.3 is 0 Å². The van der Waals surface area contributed by atoms with E-state index in [1.165, 1.54) is 4.90 Å². The molecule has 0 aromatic heterocycles. The normalized spacial score (nSPS) is 14.5. The van der Waals surface area contributed by atoms with E-state index in [-0.39, 0.29) is 30.2 Å². The van der Waals surface area contributed by atoms with Crippen LogP contribution in [0.4, 0.5) is 10.5 Å². The van der Waals surface area contributed by atoms with Crippen molar-refractivity contribution in [1.29, 1.82) is 0 Å². The first kappa shape index (κ1) is 23.3. The number of rotatable bonds is 7. The van der Waals surface area contributed by atoms with Gasteiger partial charge in [-0.3, -0.25) is 19.3 Å². The fourth-order valence-electron chi connectivity index (χ4n) is 3.31. The Bertz CT molecular complexity index is 1230.